The average molecular weight is 362 g/mol. The van der Waals surface area contributed by atoms with Crippen LogP contribution in [0.1, 0.15) is 43.1 Å². The highest BCUT2D eigenvalue weighted by atomic mass is 32.1. The number of piperazine rings is 1. The minimum absolute atomic E-state index is 0.0242. The molecular weight excluding hydrogens is 336 g/mol. The lowest BCUT2D eigenvalue weighted by atomic mass is 10.1. The molecule has 0 spiro atoms. The zero-order valence-electron chi connectivity index (χ0n) is 15.5. The molecule has 0 radical (unpaired) electrons. The van der Waals surface area contributed by atoms with Gasteiger partial charge < -0.3 is 9.88 Å². The molecule has 136 valence electrons. The van der Waals surface area contributed by atoms with E-state index in [9.17, 15) is 9.59 Å². The first-order valence-electron chi connectivity index (χ1n) is 8.82. The standard InChI is InChI=1S/C18H26N4O2S/c1-10(2)18(24)22-8-6-21(7-9-22)12(4)15-19-16(23)14-11(3)13(5)25-17(14)20-15/h10,12H,6-9H2,1-5H3,(H,19,20,23)/t12-/m1/s1. The molecule has 3 rings (SSSR count). The lowest BCUT2D eigenvalue weighted by Crippen LogP contribution is -2.50. The maximum absolute atomic E-state index is 12.5. The molecule has 2 aromatic rings. The van der Waals surface area contributed by atoms with Crippen LogP contribution in [0.2, 0.25) is 0 Å². The highest BCUT2D eigenvalue weighted by Crippen LogP contribution is 2.27. The van der Waals surface area contributed by atoms with Gasteiger partial charge in [0.05, 0.1) is 11.4 Å². The minimum Gasteiger partial charge on any atom is -0.340 e. The van der Waals surface area contributed by atoms with E-state index in [4.69, 9.17) is 4.98 Å². The van der Waals surface area contributed by atoms with E-state index in [0.29, 0.717) is 11.2 Å². The number of aromatic nitrogens is 2. The maximum atomic E-state index is 12.5. The molecule has 1 aliphatic heterocycles. The largest absolute Gasteiger partial charge is 0.340 e. The van der Waals surface area contributed by atoms with Crippen molar-refractivity contribution < 1.29 is 4.79 Å². The molecule has 0 saturated carbocycles. The Morgan fingerprint density at radius 3 is 2.40 bits per heavy atom. The third kappa shape index (κ3) is 3.35. The first-order valence-corrected chi connectivity index (χ1v) is 9.64. The highest BCUT2D eigenvalue weighted by Gasteiger charge is 2.27. The summed E-state index contributed by atoms with van der Waals surface area (Å²) < 4.78 is 0. The predicted molar refractivity (Wildman–Crippen MR) is 101 cm³/mol. The lowest BCUT2D eigenvalue weighted by molar-refractivity contribution is -0.136. The Balaban J connectivity index is 1.78. The van der Waals surface area contributed by atoms with Gasteiger partial charge in [-0.3, -0.25) is 14.5 Å². The summed E-state index contributed by atoms with van der Waals surface area (Å²) in [5.41, 5.74) is 0.969. The number of nitrogens with zero attached hydrogens (tertiary/aromatic N) is 3. The maximum Gasteiger partial charge on any atom is 0.259 e. The molecule has 1 saturated heterocycles. The van der Waals surface area contributed by atoms with Crippen LogP contribution in [-0.4, -0.2) is 51.9 Å². The van der Waals surface area contributed by atoms with Crippen LogP contribution in [0.5, 0.6) is 0 Å². The first kappa shape index (κ1) is 18.1. The van der Waals surface area contributed by atoms with Crippen molar-refractivity contribution in [3.05, 3.63) is 26.6 Å². The molecule has 0 bridgehead atoms. The Bertz CT molecular complexity index is 847. The van der Waals surface area contributed by atoms with Gasteiger partial charge in [-0.2, -0.15) is 0 Å². The van der Waals surface area contributed by atoms with E-state index in [0.717, 1.165) is 41.5 Å². The second-order valence-electron chi connectivity index (χ2n) is 7.11. The van der Waals surface area contributed by atoms with Crippen LogP contribution in [0, 0.1) is 19.8 Å². The Morgan fingerprint density at radius 1 is 1.16 bits per heavy atom. The van der Waals surface area contributed by atoms with E-state index in [1.807, 2.05) is 32.6 Å². The van der Waals surface area contributed by atoms with Gasteiger partial charge in [0.1, 0.15) is 10.7 Å². The summed E-state index contributed by atoms with van der Waals surface area (Å²) in [4.78, 5) is 38.4. The molecule has 6 nitrogen and oxygen atoms in total. The molecule has 7 heteroatoms. The fourth-order valence-electron chi connectivity index (χ4n) is 3.34. The Morgan fingerprint density at radius 2 is 1.80 bits per heavy atom. The Labute approximate surface area is 151 Å². The number of aromatic amines is 1. The third-order valence-electron chi connectivity index (χ3n) is 5.12. The van der Waals surface area contributed by atoms with E-state index < -0.39 is 0 Å². The molecule has 1 N–H and O–H groups in total. The number of hydrogen-bond donors (Lipinski definition) is 1. The molecule has 3 heterocycles. The third-order valence-corrected chi connectivity index (χ3v) is 6.22. The monoisotopic (exact) mass is 362 g/mol. The number of nitrogens with one attached hydrogen (secondary N) is 1. The predicted octanol–water partition coefficient (Wildman–Crippen LogP) is 2.46. The fourth-order valence-corrected chi connectivity index (χ4v) is 4.37. The molecule has 0 aromatic carbocycles. The smallest absolute Gasteiger partial charge is 0.259 e. The lowest BCUT2D eigenvalue weighted by Gasteiger charge is -2.38. The van der Waals surface area contributed by atoms with E-state index >= 15 is 0 Å². The fraction of sp³-hybridized carbons (Fsp3) is 0.611. The molecule has 0 unspecified atom stereocenters. The zero-order valence-corrected chi connectivity index (χ0v) is 16.4. The second-order valence-corrected chi connectivity index (χ2v) is 8.31. The summed E-state index contributed by atoms with van der Waals surface area (Å²) in [5.74, 6) is 0.960. The SMILES string of the molecule is Cc1sc2nc([C@@H](C)N3CCN(C(=O)C(C)C)CC3)[nH]c(=O)c2c1C. The minimum atomic E-state index is -0.0534. The van der Waals surface area contributed by atoms with Gasteiger partial charge >= 0.3 is 0 Å². The number of rotatable bonds is 3. The van der Waals surface area contributed by atoms with E-state index in [1.165, 1.54) is 0 Å². The summed E-state index contributed by atoms with van der Waals surface area (Å²) in [6.45, 7) is 13.0. The topological polar surface area (TPSA) is 69.3 Å². The first-order chi connectivity index (χ1) is 11.8. The van der Waals surface area contributed by atoms with Crippen LogP contribution in [0.15, 0.2) is 4.79 Å². The number of carbonyl (C=O) groups is 1. The molecule has 2 aromatic heterocycles. The normalized spacial score (nSPS) is 17.4. The van der Waals surface area contributed by atoms with Gasteiger partial charge in [0.2, 0.25) is 5.91 Å². The molecular formula is C18H26N4O2S. The van der Waals surface area contributed by atoms with Crippen LogP contribution in [-0.2, 0) is 4.79 Å². The summed E-state index contributed by atoms with van der Waals surface area (Å²) in [7, 11) is 0. The van der Waals surface area contributed by atoms with Crippen molar-refractivity contribution >= 4 is 27.5 Å². The van der Waals surface area contributed by atoms with E-state index in [1.54, 1.807) is 11.3 Å². The van der Waals surface area contributed by atoms with Crippen LogP contribution in [0.4, 0.5) is 0 Å². The molecule has 1 aliphatic rings. The van der Waals surface area contributed by atoms with Crippen LogP contribution in [0.3, 0.4) is 0 Å². The summed E-state index contributed by atoms with van der Waals surface area (Å²) in [5, 5.41) is 0.714. The van der Waals surface area contributed by atoms with E-state index in [-0.39, 0.29) is 23.4 Å². The Kier molecular flexibility index (Phi) is 4.97. The molecule has 1 atom stereocenters. The number of H-pyrrole nitrogens is 1. The van der Waals surface area contributed by atoms with Crippen molar-refractivity contribution in [3.8, 4) is 0 Å². The summed E-state index contributed by atoms with van der Waals surface area (Å²) in [6.07, 6.45) is 0. The zero-order chi connectivity index (χ0) is 18.3. The van der Waals surface area contributed by atoms with Crippen molar-refractivity contribution in [2.45, 2.75) is 40.7 Å². The molecule has 0 aliphatic carbocycles. The van der Waals surface area contributed by atoms with Crippen molar-refractivity contribution in [3.63, 3.8) is 0 Å². The molecule has 1 amide bonds. The summed E-state index contributed by atoms with van der Waals surface area (Å²) in [6, 6.07) is 0.0242. The van der Waals surface area contributed by atoms with Crippen LogP contribution < -0.4 is 5.56 Å². The number of fused-ring (bicyclic) bond motifs is 1. The van der Waals surface area contributed by atoms with Crippen molar-refractivity contribution in [1.82, 2.24) is 19.8 Å². The van der Waals surface area contributed by atoms with Gasteiger partial charge in [-0.1, -0.05) is 13.8 Å². The van der Waals surface area contributed by atoms with Crippen LogP contribution >= 0.6 is 11.3 Å². The number of amides is 1. The van der Waals surface area contributed by atoms with Crippen molar-refractivity contribution in [1.29, 1.82) is 0 Å². The van der Waals surface area contributed by atoms with Gasteiger partial charge in [-0.15, -0.1) is 11.3 Å². The van der Waals surface area contributed by atoms with Gasteiger partial charge in [-0.05, 0) is 26.3 Å². The van der Waals surface area contributed by atoms with Gasteiger partial charge in [0.25, 0.3) is 5.56 Å². The number of hydrogen-bond acceptors (Lipinski definition) is 5. The van der Waals surface area contributed by atoms with Crippen molar-refractivity contribution in [2.75, 3.05) is 26.2 Å². The highest BCUT2D eigenvalue weighted by molar-refractivity contribution is 7.18. The van der Waals surface area contributed by atoms with Gasteiger partial charge in [-0.25, -0.2) is 4.98 Å². The molecule has 25 heavy (non-hydrogen) atoms. The molecule has 1 fully saturated rings. The number of thiophene rings is 1. The Hall–Kier alpha value is -1.73. The number of carbonyl (C=O) groups excluding carboxylic acids is 1. The summed E-state index contributed by atoms with van der Waals surface area (Å²) >= 11 is 1.58. The second kappa shape index (κ2) is 6.88. The van der Waals surface area contributed by atoms with Crippen LogP contribution in [0.25, 0.3) is 10.2 Å². The van der Waals surface area contributed by atoms with Gasteiger partial charge in [0.15, 0.2) is 0 Å². The quantitative estimate of drug-likeness (QED) is 0.911. The van der Waals surface area contributed by atoms with Gasteiger partial charge in [0, 0.05) is 37.0 Å². The van der Waals surface area contributed by atoms with E-state index in [2.05, 4.69) is 16.8 Å². The van der Waals surface area contributed by atoms with Crippen molar-refractivity contribution in [2.24, 2.45) is 5.92 Å². The average Bonchev–Trinajstić information content (AvgIpc) is 2.88. The number of aryl methyl sites for hydroxylation is 2.